The van der Waals surface area contributed by atoms with Gasteiger partial charge in [-0.3, -0.25) is 9.69 Å². The molecule has 2 aliphatic rings. The number of thioether (sulfide) groups is 1. The lowest BCUT2D eigenvalue weighted by molar-refractivity contribution is -0.122. The third-order valence-corrected chi connectivity index (χ3v) is 8.00. The number of aromatic nitrogens is 1. The number of hydrogen-bond acceptors (Lipinski definition) is 5. The number of benzene rings is 2. The number of anilines is 1. The predicted molar refractivity (Wildman–Crippen MR) is 147 cm³/mol. The Bertz CT molecular complexity index is 1230. The van der Waals surface area contributed by atoms with E-state index >= 15 is 0 Å². The van der Waals surface area contributed by atoms with Crippen molar-refractivity contribution in [3.63, 3.8) is 0 Å². The second kappa shape index (κ2) is 10.3. The monoisotopic (exact) mass is 487 g/mol. The largest absolute Gasteiger partial charge is 0.356 e. The first-order valence-electron chi connectivity index (χ1n) is 12.1. The van der Waals surface area contributed by atoms with Crippen molar-refractivity contribution in [1.82, 2.24) is 9.88 Å². The Labute approximate surface area is 211 Å². The molecule has 0 atom stereocenters. The van der Waals surface area contributed by atoms with Crippen LogP contribution in [0.2, 0.25) is 0 Å². The molecular weight excluding hydrogens is 458 g/mol. The Morgan fingerprint density at radius 1 is 1.09 bits per heavy atom. The van der Waals surface area contributed by atoms with Crippen LogP contribution >= 0.6 is 24.0 Å². The molecular formula is C28H29N3OS2. The number of hydrogen-bond donors (Lipinski definition) is 0. The summed E-state index contributed by atoms with van der Waals surface area (Å²) in [7, 11) is 0. The van der Waals surface area contributed by atoms with Crippen molar-refractivity contribution in [3.05, 3.63) is 76.7 Å². The van der Waals surface area contributed by atoms with Crippen LogP contribution in [0.15, 0.2) is 65.6 Å². The molecule has 4 nitrogen and oxygen atoms in total. The summed E-state index contributed by atoms with van der Waals surface area (Å²) in [5.41, 5.74) is 3.40. The zero-order valence-electron chi connectivity index (χ0n) is 19.4. The number of carbonyl (C=O) groups is 1. The summed E-state index contributed by atoms with van der Waals surface area (Å²) in [6.45, 7) is 4.68. The van der Waals surface area contributed by atoms with Gasteiger partial charge in [-0.2, -0.15) is 0 Å². The first kappa shape index (κ1) is 23.1. The van der Waals surface area contributed by atoms with Gasteiger partial charge in [-0.25, -0.2) is 4.98 Å². The highest BCUT2D eigenvalue weighted by Crippen LogP contribution is 2.36. The van der Waals surface area contributed by atoms with E-state index in [4.69, 9.17) is 17.2 Å². The summed E-state index contributed by atoms with van der Waals surface area (Å²) < 4.78 is 0.648. The summed E-state index contributed by atoms with van der Waals surface area (Å²) in [5.74, 6) is 1.67. The van der Waals surface area contributed by atoms with Gasteiger partial charge in [-0.05, 0) is 55.4 Å². The van der Waals surface area contributed by atoms with Crippen LogP contribution < -0.4 is 4.90 Å². The number of carbonyl (C=O) groups excluding carboxylic acids is 1. The Hall–Kier alpha value is -2.70. The number of thiocarbonyl (C=S) groups is 1. The summed E-state index contributed by atoms with van der Waals surface area (Å²) >= 11 is 6.88. The normalized spacial score (nSPS) is 18.4. The van der Waals surface area contributed by atoms with Crippen LogP contribution in [0.25, 0.3) is 17.0 Å². The molecule has 0 radical (unpaired) electrons. The van der Waals surface area contributed by atoms with Gasteiger partial charge in [0.2, 0.25) is 0 Å². The lowest BCUT2D eigenvalue weighted by Gasteiger charge is -2.34. The van der Waals surface area contributed by atoms with Crippen molar-refractivity contribution in [2.75, 3.05) is 24.5 Å². The molecule has 1 amide bonds. The van der Waals surface area contributed by atoms with Crippen LogP contribution in [-0.4, -0.2) is 39.7 Å². The highest BCUT2D eigenvalue weighted by Gasteiger charge is 2.32. The highest BCUT2D eigenvalue weighted by atomic mass is 32.2. The second-order valence-electron chi connectivity index (χ2n) is 9.05. The summed E-state index contributed by atoms with van der Waals surface area (Å²) in [6.07, 6.45) is 6.30. The molecule has 34 heavy (non-hydrogen) atoms. The van der Waals surface area contributed by atoms with Gasteiger partial charge < -0.3 is 4.90 Å². The van der Waals surface area contributed by atoms with Gasteiger partial charge in [-0.15, -0.1) is 0 Å². The molecule has 0 unspecified atom stereocenters. The quantitative estimate of drug-likeness (QED) is 0.301. The van der Waals surface area contributed by atoms with Gasteiger partial charge >= 0.3 is 0 Å². The lowest BCUT2D eigenvalue weighted by atomic mass is 9.90. The zero-order valence-corrected chi connectivity index (χ0v) is 21.1. The second-order valence-corrected chi connectivity index (χ2v) is 10.7. The van der Waals surface area contributed by atoms with Gasteiger partial charge in [0.15, 0.2) is 0 Å². The van der Waals surface area contributed by atoms with Gasteiger partial charge in [0, 0.05) is 30.6 Å². The smallest absolute Gasteiger partial charge is 0.266 e. The summed E-state index contributed by atoms with van der Waals surface area (Å²) in [6, 6.07) is 21.1. The van der Waals surface area contributed by atoms with Crippen molar-refractivity contribution in [2.24, 2.45) is 5.92 Å². The van der Waals surface area contributed by atoms with Gasteiger partial charge in [0.25, 0.3) is 5.91 Å². The molecule has 3 aromatic rings. The van der Waals surface area contributed by atoms with E-state index in [-0.39, 0.29) is 5.91 Å². The van der Waals surface area contributed by atoms with E-state index in [2.05, 4.69) is 60.4 Å². The van der Waals surface area contributed by atoms with Crippen LogP contribution in [0.3, 0.4) is 0 Å². The molecule has 2 fully saturated rings. The van der Waals surface area contributed by atoms with Crippen molar-refractivity contribution >= 4 is 57.0 Å². The summed E-state index contributed by atoms with van der Waals surface area (Å²) in [4.78, 5) is 22.9. The third-order valence-electron chi connectivity index (χ3n) is 6.62. The molecule has 3 heterocycles. The minimum Gasteiger partial charge on any atom is -0.356 e. The maximum absolute atomic E-state index is 13.0. The van der Waals surface area contributed by atoms with Crippen molar-refractivity contribution < 1.29 is 4.79 Å². The van der Waals surface area contributed by atoms with Crippen LogP contribution in [0, 0.1) is 5.92 Å². The topological polar surface area (TPSA) is 36.4 Å². The average molecular weight is 488 g/mol. The highest BCUT2D eigenvalue weighted by molar-refractivity contribution is 8.26. The number of para-hydroxylation sites is 1. The molecule has 2 aliphatic heterocycles. The number of nitrogens with zero attached hydrogens (tertiary/aromatic N) is 3. The molecule has 2 saturated heterocycles. The fraction of sp³-hybridized carbons (Fsp3) is 0.321. The Balaban J connectivity index is 1.42. The number of piperidine rings is 1. The number of rotatable bonds is 6. The zero-order chi connectivity index (χ0) is 23.5. The number of fused-ring (bicyclic) bond motifs is 1. The van der Waals surface area contributed by atoms with E-state index in [0.29, 0.717) is 21.7 Å². The maximum atomic E-state index is 13.0. The Kier molecular flexibility index (Phi) is 6.97. The van der Waals surface area contributed by atoms with Crippen LogP contribution in [0.4, 0.5) is 5.82 Å². The molecule has 6 heteroatoms. The van der Waals surface area contributed by atoms with Crippen LogP contribution in [-0.2, 0) is 11.2 Å². The van der Waals surface area contributed by atoms with Crippen molar-refractivity contribution in [1.29, 1.82) is 0 Å². The Morgan fingerprint density at radius 3 is 2.59 bits per heavy atom. The fourth-order valence-electron chi connectivity index (χ4n) is 4.84. The van der Waals surface area contributed by atoms with E-state index in [0.717, 1.165) is 61.1 Å². The number of pyridine rings is 1. The van der Waals surface area contributed by atoms with Crippen molar-refractivity contribution in [3.8, 4) is 0 Å². The SMILES string of the molecule is CCCN1C(=O)/C(=C/c2cc3ccccc3nc2N2CCC(Cc3ccccc3)CC2)SC1=S. The molecule has 174 valence electrons. The fourth-order valence-corrected chi connectivity index (χ4v) is 6.14. The third kappa shape index (κ3) is 4.89. The van der Waals surface area contributed by atoms with Crippen molar-refractivity contribution in [2.45, 2.75) is 32.6 Å². The van der Waals surface area contributed by atoms with E-state index in [1.807, 2.05) is 18.2 Å². The predicted octanol–water partition coefficient (Wildman–Crippen LogP) is 6.31. The lowest BCUT2D eigenvalue weighted by Crippen LogP contribution is -2.35. The first-order chi connectivity index (χ1) is 16.6. The van der Waals surface area contributed by atoms with E-state index in [1.54, 1.807) is 4.90 Å². The molecule has 2 aromatic carbocycles. The van der Waals surface area contributed by atoms with E-state index in [1.165, 1.54) is 17.3 Å². The van der Waals surface area contributed by atoms with Crippen LogP contribution in [0.5, 0.6) is 0 Å². The van der Waals surface area contributed by atoms with E-state index in [9.17, 15) is 4.79 Å². The molecule has 0 saturated carbocycles. The molecule has 1 aromatic heterocycles. The average Bonchev–Trinajstić information content (AvgIpc) is 3.12. The summed E-state index contributed by atoms with van der Waals surface area (Å²) in [5, 5.41) is 1.08. The standard InChI is InChI=1S/C28H29N3OS2/c1-2-14-31-27(32)25(34-28(31)33)19-23-18-22-10-6-7-11-24(22)29-26(23)30-15-12-21(13-16-30)17-20-8-4-3-5-9-20/h3-11,18-19,21H,2,12-17H2,1H3/b25-19-. The first-order valence-corrected chi connectivity index (χ1v) is 13.3. The van der Waals surface area contributed by atoms with E-state index < -0.39 is 0 Å². The minimum absolute atomic E-state index is 0.0116. The maximum Gasteiger partial charge on any atom is 0.266 e. The Morgan fingerprint density at radius 2 is 1.82 bits per heavy atom. The molecule has 5 rings (SSSR count). The van der Waals surface area contributed by atoms with Crippen LogP contribution in [0.1, 0.15) is 37.3 Å². The van der Waals surface area contributed by atoms with Gasteiger partial charge in [-0.1, -0.05) is 79.4 Å². The molecule has 0 bridgehead atoms. The van der Waals surface area contributed by atoms with Gasteiger partial charge in [0.1, 0.15) is 10.1 Å². The molecule has 0 N–H and O–H groups in total. The molecule has 0 aliphatic carbocycles. The van der Waals surface area contributed by atoms with Gasteiger partial charge in [0.05, 0.1) is 10.4 Å². The molecule has 0 spiro atoms. The minimum atomic E-state index is 0.0116. The number of amides is 1.